The summed E-state index contributed by atoms with van der Waals surface area (Å²) in [5, 5.41) is 0. The van der Waals surface area contributed by atoms with Crippen LogP contribution in [0.15, 0.2) is 11.6 Å². The third-order valence-electron chi connectivity index (χ3n) is 5.04. The predicted molar refractivity (Wildman–Crippen MR) is 64.7 cm³/mol. The van der Waals surface area contributed by atoms with E-state index in [1.807, 2.05) is 5.57 Å². The van der Waals surface area contributed by atoms with Crippen molar-refractivity contribution < 1.29 is 0 Å². The van der Waals surface area contributed by atoms with Gasteiger partial charge in [-0.15, -0.1) is 0 Å². The second-order valence-electron chi connectivity index (χ2n) is 6.01. The largest absolute Gasteiger partial charge is 0.0850 e. The molecule has 2 saturated carbocycles. The van der Waals surface area contributed by atoms with Crippen LogP contribution in [0.1, 0.15) is 64.2 Å². The molecule has 0 N–H and O–H groups in total. The first-order chi connectivity index (χ1) is 7.43. The highest BCUT2D eigenvalue weighted by molar-refractivity contribution is 5.13. The van der Waals surface area contributed by atoms with Gasteiger partial charge in [0.15, 0.2) is 0 Å². The maximum absolute atomic E-state index is 2.63. The van der Waals surface area contributed by atoms with E-state index in [1.165, 1.54) is 38.5 Å². The molecule has 3 atom stereocenters. The molecule has 15 heavy (non-hydrogen) atoms. The maximum Gasteiger partial charge on any atom is -0.0172 e. The van der Waals surface area contributed by atoms with Gasteiger partial charge < -0.3 is 0 Å². The van der Waals surface area contributed by atoms with Gasteiger partial charge >= 0.3 is 0 Å². The molecule has 3 unspecified atom stereocenters. The lowest BCUT2D eigenvalue weighted by atomic mass is 9.80. The zero-order valence-electron chi connectivity index (χ0n) is 9.88. The Kier molecular flexibility index (Phi) is 2.86. The minimum absolute atomic E-state index is 1.03. The van der Waals surface area contributed by atoms with E-state index < -0.39 is 0 Å². The van der Waals surface area contributed by atoms with E-state index in [1.54, 1.807) is 25.7 Å². The summed E-state index contributed by atoms with van der Waals surface area (Å²) in [6.07, 6.45) is 17.5. The Morgan fingerprint density at radius 1 is 0.933 bits per heavy atom. The van der Waals surface area contributed by atoms with Gasteiger partial charge in [0.1, 0.15) is 0 Å². The van der Waals surface area contributed by atoms with Crippen molar-refractivity contribution in [3.05, 3.63) is 11.6 Å². The summed E-state index contributed by atoms with van der Waals surface area (Å²) in [6, 6.07) is 0. The van der Waals surface area contributed by atoms with Gasteiger partial charge in [-0.05, 0) is 62.7 Å². The second-order valence-corrected chi connectivity index (χ2v) is 6.01. The topological polar surface area (TPSA) is 0 Å². The SMILES string of the molecule is C1=C(/C2CC3CCC2C3)CCCCCC/1. The first-order valence-electron chi connectivity index (χ1n) is 7.12. The molecule has 0 spiro atoms. The number of rotatable bonds is 1. The monoisotopic (exact) mass is 204 g/mol. The number of allylic oxidation sites excluding steroid dienone is 2. The molecule has 0 aromatic rings. The highest BCUT2D eigenvalue weighted by Gasteiger charge is 2.40. The van der Waals surface area contributed by atoms with Crippen molar-refractivity contribution in [2.24, 2.45) is 17.8 Å². The molecule has 0 radical (unpaired) electrons. The molecule has 0 heteroatoms. The summed E-state index contributed by atoms with van der Waals surface area (Å²) < 4.78 is 0. The molecule has 2 bridgehead atoms. The maximum atomic E-state index is 2.63. The van der Waals surface area contributed by atoms with Crippen LogP contribution < -0.4 is 0 Å². The van der Waals surface area contributed by atoms with E-state index in [9.17, 15) is 0 Å². The lowest BCUT2D eigenvalue weighted by Gasteiger charge is -2.26. The smallest absolute Gasteiger partial charge is 0.0172 e. The Hall–Kier alpha value is -0.260. The summed E-state index contributed by atoms with van der Waals surface area (Å²) in [5.41, 5.74) is 1.88. The Balaban J connectivity index is 1.69. The van der Waals surface area contributed by atoms with Crippen molar-refractivity contribution >= 4 is 0 Å². The molecule has 0 nitrogen and oxygen atoms in total. The molecule has 3 rings (SSSR count). The summed E-state index contributed by atoms with van der Waals surface area (Å²) >= 11 is 0. The van der Waals surface area contributed by atoms with Crippen LogP contribution >= 0.6 is 0 Å². The Morgan fingerprint density at radius 3 is 2.67 bits per heavy atom. The van der Waals surface area contributed by atoms with E-state index in [4.69, 9.17) is 0 Å². The zero-order valence-corrected chi connectivity index (χ0v) is 9.88. The van der Waals surface area contributed by atoms with E-state index in [0.717, 1.165) is 17.8 Å². The fourth-order valence-electron chi connectivity index (χ4n) is 4.25. The summed E-state index contributed by atoms with van der Waals surface area (Å²) in [4.78, 5) is 0. The van der Waals surface area contributed by atoms with Crippen molar-refractivity contribution in [2.45, 2.75) is 64.2 Å². The fourth-order valence-corrected chi connectivity index (χ4v) is 4.25. The van der Waals surface area contributed by atoms with Gasteiger partial charge in [-0.3, -0.25) is 0 Å². The molecular weight excluding hydrogens is 180 g/mol. The van der Waals surface area contributed by atoms with Crippen molar-refractivity contribution in [1.82, 2.24) is 0 Å². The molecule has 0 aromatic heterocycles. The van der Waals surface area contributed by atoms with E-state index >= 15 is 0 Å². The van der Waals surface area contributed by atoms with Crippen molar-refractivity contribution in [3.8, 4) is 0 Å². The fraction of sp³-hybridized carbons (Fsp3) is 0.867. The zero-order chi connectivity index (χ0) is 10.1. The molecule has 0 aliphatic heterocycles. The highest BCUT2D eigenvalue weighted by atomic mass is 14.5. The first kappa shape index (κ1) is 9.93. The second kappa shape index (κ2) is 4.31. The van der Waals surface area contributed by atoms with Crippen LogP contribution in [0.3, 0.4) is 0 Å². The standard InChI is InChI=1S/C15H24/c1-2-4-6-13(7-5-3-1)15-11-12-8-9-14(15)10-12/h6,12,14-15H,1-5,7-11H2/b13-6+. The van der Waals surface area contributed by atoms with Crippen LogP contribution in [0.2, 0.25) is 0 Å². The highest BCUT2D eigenvalue weighted by Crippen LogP contribution is 2.51. The van der Waals surface area contributed by atoms with Gasteiger partial charge in [-0.25, -0.2) is 0 Å². The predicted octanol–water partition coefficient (Wildman–Crippen LogP) is 4.70. The number of hydrogen-bond acceptors (Lipinski definition) is 0. The van der Waals surface area contributed by atoms with Crippen LogP contribution in [-0.4, -0.2) is 0 Å². The number of fused-ring (bicyclic) bond motifs is 2. The molecule has 0 saturated heterocycles. The molecule has 0 aromatic carbocycles. The Labute approximate surface area is 94.1 Å². The normalized spacial score (nSPS) is 44.5. The van der Waals surface area contributed by atoms with Crippen LogP contribution in [0.4, 0.5) is 0 Å². The van der Waals surface area contributed by atoms with Gasteiger partial charge in [-0.2, -0.15) is 0 Å². The lowest BCUT2D eigenvalue weighted by molar-refractivity contribution is 0.365. The average Bonchev–Trinajstić information content (AvgIpc) is 2.78. The Morgan fingerprint density at radius 2 is 1.87 bits per heavy atom. The quantitative estimate of drug-likeness (QED) is 0.543. The number of hydrogen-bond donors (Lipinski definition) is 0. The minimum Gasteiger partial charge on any atom is -0.0850 e. The van der Waals surface area contributed by atoms with Gasteiger partial charge in [-0.1, -0.05) is 30.9 Å². The molecule has 0 amide bonds. The van der Waals surface area contributed by atoms with Gasteiger partial charge in [0.2, 0.25) is 0 Å². The first-order valence-corrected chi connectivity index (χ1v) is 7.12. The summed E-state index contributed by atoms with van der Waals surface area (Å²) in [7, 11) is 0. The summed E-state index contributed by atoms with van der Waals surface area (Å²) in [6.45, 7) is 0. The molecule has 2 fully saturated rings. The van der Waals surface area contributed by atoms with Gasteiger partial charge in [0, 0.05) is 0 Å². The van der Waals surface area contributed by atoms with Crippen molar-refractivity contribution in [2.75, 3.05) is 0 Å². The van der Waals surface area contributed by atoms with E-state index in [2.05, 4.69) is 6.08 Å². The molecule has 0 heterocycles. The Bertz CT molecular complexity index is 251. The van der Waals surface area contributed by atoms with E-state index in [-0.39, 0.29) is 0 Å². The lowest BCUT2D eigenvalue weighted by Crippen LogP contribution is -2.13. The summed E-state index contributed by atoms with van der Waals surface area (Å²) in [5.74, 6) is 3.24. The minimum atomic E-state index is 1.03. The van der Waals surface area contributed by atoms with Crippen molar-refractivity contribution in [1.29, 1.82) is 0 Å². The molecule has 84 valence electrons. The third-order valence-corrected chi connectivity index (χ3v) is 5.04. The van der Waals surface area contributed by atoms with Crippen LogP contribution in [0, 0.1) is 17.8 Å². The van der Waals surface area contributed by atoms with Gasteiger partial charge in [0.25, 0.3) is 0 Å². The van der Waals surface area contributed by atoms with E-state index in [0.29, 0.717) is 0 Å². The third kappa shape index (κ3) is 2.00. The molecule has 3 aliphatic carbocycles. The average molecular weight is 204 g/mol. The molecule has 3 aliphatic rings. The van der Waals surface area contributed by atoms with Crippen molar-refractivity contribution in [3.63, 3.8) is 0 Å². The van der Waals surface area contributed by atoms with Gasteiger partial charge in [0.05, 0.1) is 0 Å². The van der Waals surface area contributed by atoms with Crippen LogP contribution in [0.25, 0.3) is 0 Å². The molecular formula is C15H24. The van der Waals surface area contributed by atoms with Crippen LogP contribution in [-0.2, 0) is 0 Å². The van der Waals surface area contributed by atoms with Crippen LogP contribution in [0.5, 0.6) is 0 Å².